The molecule has 0 aliphatic carbocycles. The Hall–Kier alpha value is -5.40. The van der Waals surface area contributed by atoms with Crippen molar-refractivity contribution < 1.29 is 0 Å². The highest BCUT2D eigenvalue weighted by atomic mass is 15.1. The number of fused-ring (bicyclic) bond motifs is 1. The molecule has 1 nitrogen and oxygen atoms in total. The lowest BCUT2D eigenvalue weighted by molar-refractivity contribution is 1.29. The van der Waals surface area contributed by atoms with Crippen molar-refractivity contribution in [1.82, 2.24) is 0 Å². The van der Waals surface area contributed by atoms with Crippen LogP contribution in [0.25, 0.3) is 33.0 Å². The molecule has 7 aromatic rings. The highest BCUT2D eigenvalue weighted by Gasteiger charge is 2.14. The number of hydrogen-bond donors (Lipinski definition) is 0. The first-order valence-corrected chi connectivity index (χ1v) is 15.2. The molecule has 0 atom stereocenters. The van der Waals surface area contributed by atoms with Crippen LogP contribution in [0.1, 0.15) is 16.7 Å². The van der Waals surface area contributed by atoms with Crippen LogP contribution in [0.2, 0.25) is 0 Å². The van der Waals surface area contributed by atoms with Gasteiger partial charge in [-0.3, -0.25) is 0 Å². The Labute approximate surface area is 261 Å². The van der Waals surface area contributed by atoms with Crippen LogP contribution in [-0.4, -0.2) is 0 Å². The molecular weight excluding hydrogens is 530 g/mol. The van der Waals surface area contributed by atoms with Gasteiger partial charge >= 0.3 is 0 Å². The summed E-state index contributed by atoms with van der Waals surface area (Å²) in [5.41, 5.74) is 12.2. The van der Waals surface area contributed by atoms with Crippen molar-refractivity contribution in [3.63, 3.8) is 0 Å². The fourth-order valence-corrected chi connectivity index (χ4v) is 5.40. The summed E-state index contributed by atoms with van der Waals surface area (Å²) in [6, 6.07) is 60.7. The lowest BCUT2D eigenvalue weighted by Crippen LogP contribution is -2.10. The van der Waals surface area contributed by atoms with Gasteiger partial charge in [0.25, 0.3) is 0 Å². The van der Waals surface area contributed by atoms with Crippen molar-refractivity contribution in [2.45, 2.75) is 20.8 Å². The maximum Gasteiger partial charge on any atom is 0.0468 e. The second kappa shape index (κ2) is 13.3. The average molecular weight is 568 g/mol. The summed E-state index contributed by atoms with van der Waals surface area (Å²) in [5, 5.41) is 2.48. The molecule has 7 aromatic carbocycles. The Morgan fingerprint density at radius 3 is 1.39 bits per heavy atom. The Morgan fingerprint density at radius 2 is 0.750 bits per heavy atom. The minimum absolute atomic E-state index is 1.13. The smallest absolute Gasteiger partial charge is 0.0468 e. The zero-order valence-corrected chi connectivity index (χ0v) is 25.6. The van der Waals surface area contributed by atoms with Crippen molar-refractivity contribution in [3.05, 3.63) is 187 Å². The van der Waals surface area contributed by atoms with Gasteiger partial charge in [0.15, 0.2) is 0 Å². The molecule has 0 unspecified atom stereocenters. The van der Waals surface area contributed by atoms with E-state index in [-0.39, 0.29) is 0 Å². The molecule has 0 aliphatic heterocycles. The number of rotatable bonds is 5. The lowest BCUT2D eigenvalue weighted by Gasteiger charge is -2.26. The number of aryl methyl sites for hydroxylation is 3. The third kappa shape index (κ3) is 6.80. The summed E-state index contributed by atoms with van der Waals surface area (Å²) < 4.78 is 0. The molecule has 0 aliphatic rings. The molecule has 0 saturated heterocycles. The maximum absolute atomic E-state index is 2.35. The fraction of sp³-hybridized carbons (Fsp3) is 0.0698. The molecule has 214 valence electrons. The van der Waals surface area contributed by atoms with Crippen LogP contribution in [-0.2, 0) is 0 Å². The van der Waals surface area contributed by atoms with Crippen LogP contribution >= 0.6 is 0 Å². The normalized spacial score (nSPS) is 10.6. The third-order valence-corrected chi connectivity index (χ3v) is 7.93. The van der Waals surface area contributed by atoms with Crippen LogP contribution < -0.4 is 4.90 Å². The molecule has 0 radical (unpaired) electrons. The summed E-state index contributed by atoms with van der Waals surface area (Å²) in [6.07, 6.45) is 0. The topological polar surface area (TPSA) is 3.24 Å². The van der Waals surface area contributed by atoms with Gasteiger partial charge in [0.2, 0.25) is 0 Å². The molecular formula is C43H37N. The average Bonchev–Trinajstić information content (AvgIpc) is 3.08. The second-order valence-corrected chi connectivity index (χ2v) is 11.4. The molecule has 0 N–H and O–H groups in total. The molecule has 0 amide bonds. The summed E-state index contributed by atoms with van der Waals surface area (Å²) in [6.45, 7) is 6.32. The quantitative estimate of drug-likeness (QED) is 0.200. The van der Waals surface area contributed by atoms with E-state index in [2.05, 4.69) is 196 Å². The van der Waals surface area contributed by atoms with Gasteiger partial charge < -0.3 is 4.90 Å². The van der Waals surface area contributed by atoms with E-state index < -0.39 is 0 Å². The van der Waals surface area contributed by atoms with E-state index in [0.29, 0.717) is 0 Å². The van der Waals surface area contributed by atoms with Gasteiger partial charge in [-0.15, -0.1) is 0 Å². The van der Waals surface area contributed by atoms with E-state index in [1.54, 1.807) is 0 Å². The summed E-state index contributed by atoms with van der Waals surface area (Å²) in [4.78, 5) is 2.35. The Bertz CT molecular complexity index is 1930. The summed E-state index contributed by atoms with van der Waals surface area (Å²) in [5.74, 6) is 0. The van der Waals surface area contributed by atoms with Gasteiger partial charge in [0, 0.05) is 17.1 Å². The van der Waals surface area contributed by atoms with E-state index in [4.69, 9.17) is 0 Å². The van der Waals surface area contributed by atoms with Gasteiger partial charge in [0.05, 0.1) is 0 Å². The Kier molecular flexibility index (Phi) is 8.66. The van der Waals surface area contributed by atoms with E-state index >= 15 is 0 Å². The maximum atomic E-state index is 2.35. The Morgan fingerprint density at radius 1 is 0.295 bits per heavy atom. The van der Waals surface area contributed by atoms with Crippen LogP contribution in [0.15, 0.2) is 170 Å². The predicted molar refractivity (Wildman–Crippen MR) is 190 cm³/mol. The highest BCUT2D eigenvalue weighted by molar-refractivity contribution is 5.90. The fourth-order valence-electron chi connectivity index (χ4n) is 5.40. The third-order valence-electron chi connectivity index (χ3n) is 7.93. The molecule has 0 aromatic heterocycles. The van der Waals surface area contributed by atoms with Crippen molar-refractivity contribution >= 4 is 27.8 Å². The van der Waals surface area contributed by atoms with E-state index in [1.807, 2.05) is 0 Å². The first-order valence-electron chi connectivity index (χ1n) is 15.2. The molecule has 1 heteroatoms. The monoisotopic (exact) mass is 567 g/mol. The van der Waals surface area contributed by atoms with E-state index in [9.17, 15) is 0 Å². The van der Waals surface area contributed by atoms with E-state index in [0.717, 1.165) is 17.1 Å². The predicted octanol–water partition coefficient (Wildman–Crippen LogP) is 12.3. The van der Waals surface area contributed by atoms with Crippen molar-refractivity contribution in [1.29, 1.82) is 0 Å². The number of benzene rings is 7. The SMILES string of the molecule is Cc1ccc(-c2ccc(N(c3cccc(-c4ccccc4)c3)c3ccc4ccccc4c3)cc2)cc1.Cc1ccc(C)cc1. The molecule has 0 fully saturated rings. The minimum atomic E-state index is 1.13. The number of anilines is 3. The Balaban J connectivity index is 0.000000374. The lowest BCUT2D eigenvalue weighted by atomic mass is 10.0. The van der Waals surface area contributed by atoms with Gasteiger partial charge in [-0.25, -0.2) is 0 Å². The molecule has 44 heavy (non-hydrogen) atoms. The van der Waals surface area contributed by atoms with Gasteiger partial charge in [0.1, 0.15) is 0 Å². The van der Waals surface area contributed by atoms with Crippen LogP contribution in [0.4, 0.5) is 17.1 Å². The first kappa shape index (κ1) is 28.7. The molecule has 7 rings (SSSR count). The standard InChI is InChI=1S/C35H27N.C8H10/c1-26-14-16-29(17-15-26)30-18-21-33(22-19-30)36(35-23-20-28-10-5-6-11-31(28)25-35)34-13-7-12-32(24-34)27-8-3-2-4-9-27;1-7-3-5-8(2)6-4-7/h2-25H,1H3;3-6H,1-2H3. The first-order chi connectivity index (χ1) is 21.5. The minimum Gasteiger partial charge on any atom is -0.310 e. The molecule has 0 saturated carbocycles. The summed E-state index contributed by atoms with van der Waals surface area (Å²) >= 11 is 0. The van der Waals surface area contributed by atoms with Gasteiger partial charge in [-0.05, 0) is 90.2 Å². The van der Waals surface area contributed by atoms with E-state index in [1.165, 1.54) is 49.7 Å². The van der Waals surface area contributed by atoms with Gasteiger partial charge in [-0.2, -0.15) is 0 Å². The largest absolute Gasteiger partial charge is 0.310 e. The van der Waals surface area contributed by atoms with Crippen LogP contribution in [0.3, 0.4) is 0 Å². The molecule has 0 bridgehead atoms. The summed E-state index contributed by atoms with van der Waals surface area (Å²) in [7, 11) is 0. The highest BCUT2D eigenvalue weighted by Crippen LogP contribution is 2.38. The van der Waals surface area contributed by atoms with Crippen molar-refractivity contribution in [2.75, 3.05) is 4.90 Å². The number of hydrogen-bond acceptors (Lipinski definition) is 1. The second-order valence-electron chi connectivity index (χ2n) is 11.4. The van der Waals surface area contributed by atoms with Crippen molar-refractivity contribution in [3.8, 4) is 22.3 Å². The zero-order valence-electron chi connectivity index (χ0n) is 25.6. The number of nitrogens with zero attached hydrogens (tertiary/aromatic N) is 1. The molecule has 0 spiro atoms. The van der Waals surface area contributed by atoms with Crippen molar-refractivity contribution in [2.24, 2.45) is 0 Å². The van der Waals surface area contributed by atoms with Gasteiger partial charge in [-0.1, -0.05) is 150 Å². The van der Waals surface area contributed by atoms with Crippen LogP contribution in [0, 0.1) is 20.8 Å². The molecule has 0 heterocycles. The van der Waals surface area contributed by atoms with Crippen LogP contribution in [0.5, 0.6) is 0 Å². The zero-order chi connectivity index (χ0) is 30.3.